The number of hydrogen-bond donors (Lipinski definition) is 2. The van der Waals surface area contributed by atoms with Crippen LogP contribution in [0.1, 0.15) is 39.4 Å². The Morgan fingerprint density at radius 2 is 1.93 bits per heavy atom. The van der Waals surface area contributed by atoms with E-state index >= 15 is 0 Å². The van der Waals surface area contributed by atoms with Crippen LogP contribution in [0.3, 0.4) is 0 Å². The topological polar surface area (TPSA) is 106 Å². The highest BCUT2D eigenvalue weighted by Gasteiger charge is 2.43. The second-order valence-electron chi connectivity index (χ2n) is 12.0. The number of benzene rings is 1. The molecule has 2 aliphatic rings. The maximum atomic E-state index is 12.4. The Bertz CT molecular complexity index is 1480. The van der Waals surface area contributed by atoms with Crippen LogP contribution in [0.2, 0.25) is 0 Å². The average Bonchev–Trinajstić information content (AvgIpc) is 3.64. The van der Waals surface area contributed by atoms with Gasteiger partial charge in [-0.05, 0) is 43.7 Å². The number of amides is 2. The molecule has 0 saturated carbocycles. The van der Waals surface area contributed by atoms with Crippen LogP contribution < -0.4 is 15.4 Å². The number of nitrogens with one attached hydrogen (secondary N) is 2. The molecular formula is C30H36N6O4. The van der Waals surface area contributed by atoms with Crippen molar-refractivity contribution in [3.8, 4) is 17.0 Å². The van der Waals surface area contributed by atoms with Crippen LogP contribution in [0.15, 0.2) is 59.4 Å². The molecular weight excluding hydrogens is 508 g/mol. The molecule has 6 rings (SSSR count). The maximum absolute atomic E-state index is 12.4. The SMILES string of the molecule is CC(C)(C)c1cc(NC(=O)Nc2ccc(-c3cn4cc(OCCCN5CCC6(COC6)C5)ccc4n3)cc2)no1. The number of rotatable bonds is 8. The van der Waals surface area contributed by atoms with Gasteiger partial charge in [0, 0.05) is 47.4 Å². The third kappa shape index (κ3) is 5.83. The predicted molar refractivity (Wildman–Crippen MR) is 153 cm³/mol. The largest absolute Gasteiger partial charge is 0.492 e. The van der Waals surface area contributed by atoms with Crippen LogP contribution in [0, 0.1) is 5.41 Å². The zero-order valence-electron chi connectivity index (χ0n) is 23.3. The fourth-order valence-electron chi connectivity index (χ4n) is 5.21. The van der Waals surface area contributed by atoms with Gasteiger partial charge >= 0.3 is 6.03 Å². The van der Waals surface area contributed by atoms with E-state index in [1.807, 2.05) is 74.0 Å². The van der Waals surface area contributed by atoms with Crippen molar-refractivity contribution in [2.45, 2.75) is 39.0 Å². The van der Waals surface area contributed by atoms with Crippen LogP contribution >= 0.6 is 0 Å². The molecule has 4 aromatic rings. The highest BCUT2D eigenvalue weighted by atomic mass is 16.5. The van der Waals surface area contributed by atoms with Gasteiger partial charge in [0.15, 0.2) is 5.82 Å². The summed E-state index contributed by atoms with van der Waals surface area (Å²) < 4.78 is 18.8. The molecule has 1 spiro atoms. The minimum Gasteiger partial charge on any atom is -0.492 e. The molecule has 1 aromatic carbocycles. The molecule has 5 heterocycles. The van der Waals surface area contributed by atoms with Crippen molar-refractivity contribution in [2.75, 3.05) is 50.1 Å². The fraction of sp³-hybridized carbons (Fsp3) is 0.433. The Balaban J connectivity index is 1.00. The lowest BCUT2D eigenvalue weighted by Gasteiger charge is -2.37. The molecule has 10 nitrogen and oxygen atoms in total. The van der Waals surface area contributed by atoms with Crippen molar-refractivity contribution < 1.29 is 18.8 Å². The number of likely N-dealkylation sites (tertiary alicyclic amines) is 1. The Labute approximate surface area is 233 Å². The van der Waals surface area contributed by atoms with Gasteiger partial charge in [0.05, 0.1) is 31.7 Å². The Kier molecular flexibility index (Phi) is 6.97. The van der Waals surface area contributed by atoms with Gasteiger partial charge in [0.1, 0.15) is 17.2 Å². The summed E-state index contributed by atoms with van der Waals surface area (Å²) in [5, 5.41) is 9.44. The normalized spacial score (nSPS) is 16.8. The van der Waals surface area contributed by atoms with Gasteiger partial charge in [0.2, 0.25) is 0 Å². The fourth-order valence-corrected chi connectivity index (χ4v) is 5.21. The first kappa shape index (κ1) is 26.3. The van der Waals surface area contributed by atoms with Crippen LogP contribution in [0.4, 0.5) is 16.3 Å². The van der Waals surface area contributed by atoms with Crippen molar-refractivity contribution in [2.24, 2.45) is 5.41 Å². The Morgan fingerprint density at radius 3 is 2.62 bits per heavy atom. The first-order valence-electron chi connectivity index (χ1n) is 13.8. The van der Waals surface area contributed by atoms with Gasteiger partial charge in [-0.1, -0.05) is 38.1 Å². The van der Waals surface area contributed by atoms with E-state index in [1.165, 1.54) is 13.0 Å². The van der Waals surface area contributed by atoms with Gasteiger partial charge in [-0.3, -0.25) is 5.32 Å². The summed E-state index contributed by atoms with van der Waals surface area (Å²) in [6, 6.07) is 12.8. The summed E-state index contributed by atoms with van der Waals surface area (Å²) in [5.41, 5.74) is 3.54. The van der Waals surface area contributed by atoms with Crippen molar-refractivity contribution >= 4 is 23.2 Å². The van der Waals surface area contributed by atoms with Crippen LogP contribution in [0.5, 0.6) is 5.75 Å². The van der Waals surface area contributed by atoms with Crippen LogP contribution in [-0.4, -0.2) is 64.9 Å². The zero-order chi connectivity index (χ0) is 27.7. The first-order chi connectivity index (χ1) is 19.2. The molecule has 0 atom stereocenters. The molecule has 2 saturated heterocycles. The van der Waals surface area contributed by atoms with E-state index in [2.05, 4.69) is 20.7 Å². The van der Waals surface area contributed by atoms with Gasteiger partial charge in [0.25, 0.3) is 0 Å². The number of anilines is 2. The van der Waals surface area contributed by atoms with Crippen molar-refractivity contribution in [3.05, 3.63) is 60.6 Å². The van der Waals surface area contributed by atoms with Crippen molar-refractivity contribution in [1.82, 2.24) is 19.4 Å². The van der Waals surface area contributed by atoms with Gasteiger partial charge in [-0.15, -0.1) is 0 Å². The first-order valence-corrected chi connectivity index (χ1v) is 13.8. The minimum atomic E-state index is -0.390. The van der Waals surface area contributed by atoms with Gasteiger partial charge in [-0.2, -0.15) is 0 Å². The lowest BCUT2D eigenvalue weighted by Crippen LogP contribution is -2.44. The van der Waals surface area contributed by atoms with Crippen molar-refractivity contribution in [3.63, 3.8) is 0 Å². The number of imidazole rings is 1. The number of hydrogen-bond acceptors (Lipinski definition) is 7. The van der Waals surface area contributed by atoms with E-state index in [0.29, 0.717) is 29.3 Å². The second kappa shape index (κ2) is 10.6. The molecule has 210 valence electrons. The van der Waals surface area contributed by atoms with E-state index in [1.54, 1.807) is 6.07 Å². The highest BCUT2D eigenvalue weighted by Crippen LogP contribution is 2.37. The van der Waals surface area contributed by atoms with Crippen LogP contribution in [0.25, 0.3) is 16.9 Å². The molecule has 0 aliphatic carbocycles. The molecule has 3 aromatic heterocycles. The van der Waals surface area contributed by atoms with E-state index in [9.17, 15) is 4.79 Å². The molecule has 2 fully saturated rings. The maximum Gasteiger partial charge on any atom is 0.324 e. The third-order valence-electron chi connectivity index (χ3n) is 7.57. The molecule has 0 unspecified atom stereocenters. The third-order valence-corrected chi connectivity index (χ3v) is 7.57. The summed E-state index contributed by atoms with van der Waals surface area (Å²) in [6.45, 7) is 12.0. The lowest BCUT2D eigenvalue weighted by molar-refractivity contribution is -0.105. The molecule has 0 radical (unpaired) electrons. The van der Waals surface area contributed by atoms with E-state index < -0.39 is 0 Å². The zero-order valence-corrected chi connectivity index (χ0v) is 23.3. The molecule has 2 aliphatic heterocycles. The second-order valence-corrected chi connectivity index (χ2v) is 12.0. The summed E-state index contributed by atoms with van der Waals surface area (Å²) >= 11 is 0. The smallest absolute Gasteiger partial charge is 0.324 e. The predicted octanol–water partition coefficient (Wildman–Crippen LogP) is 5.42. The number of fused-ring (bicyclic) bond motifs is 1. The lowest BCUT2D eigenvalue weighted by atomic mass is 9.85. The number of pyridine rings is 1. The Morgan fingerprint density at radius 1 is 1.10 bits per heavy atom. The molecule has 2 amide bonds. The van der Waals surface area contributed by atoms with Gasteiger partial charge in [-0.25, -0.2) is 9.78 Å². The number of aromatic nitrogens is 3. The number of urea groups is 1. The average molecular weight is 545 g/mol. The van der Waals surface area contributed by atoms with E-state index in [4.69, 9.17) is 19.0 Å². The Hall–Kier alpha value is -3.89. The highest BCUT2D eigenvalue weighted by molar-refractivity contribution is 5.99. The minimum absolute atomic E-state index is 0.186. The molecule has 10 heteroatoms. The molecule has 0 bridgehead atoms. The quantitative estimate of drug-likeness (QED) is 0.285. The molecule has 2 N–H and O–H groups in total. The summed E-state index contributed by atoms with van der Waals surface area (Å²) in [6.07, 6.45) is 6.21. The summed E-state index contributed by atoms with van der Waals surface area (Å²) in [4.78, 5) is 19.7. The number of carbonyl (C=O) groups is 1. The standard InChI is InChI=1S/C30H36N6O4/c1-29(2,3)25-15-26(34-40-25)33-28(37)31-22-7-5-21(6-8-22)24-17-36-16-23(9-10-27(36)32-24)39-14-4-12-35-13-11-30(18-35)19-38-20-30/h5-10,15-17H,4,11-14,18-20H2,1-3H3,(H2,31,33,34,37). The summed E-state index contributed by atoms with van der Waals surface area (Å²) in [7, 11) is 0. The number of nitrogens with zero attached hydrogens (tertiary/aromatic N) is 4. The molecule has 40 heavy (non-hydrogen) atoms. The van der Waals surface area contributed by atoms with Gasteiger partial charge < -0.3 is 28.6 Å². The number of ether oxygens (including phenoxy) is 2. The van der Waals surface area contributed by atoms with Crippen molar-refractivity contribution in [1.29, 1.82) is 0 Å². The van der Waals surface area contributed by atoms with Crippen LogP contribution in [-0.2, 0) is 10.2 Å². The van der Waals surface area contributed by atoms with E-state index in [0.717, 1.165) is 55.4 Å². The monoisotopic (exact) mass is 544 g/mol. The summed E-state index contributed by atoms with van der Waals surface area (Å²) in [5.74, 6) is 1.90. The van der Waals surface area contributed by atoms with E-state index in [-0.39, 0.29) is 11.4 Å². The number of carbonyl (C=O) groups excluding carboxylic acids is 1.